The van der Waals surface area contributed by atoms with Gasteiger partial charge in [0, 0.05) is 12.6 Å². The van der Waals surface area contributed by atoms with Crippen LogP contribution in [0.1, 0.15) is 38.3 Å². The van der Waals surface area contributed by atoms with E-state index < -0.39 is 28.5 Å². The molecule has 1 unspecified atom stereocenters. The number of carbonyl (C=O) groups is 2. The molecule has 0 aliphatic heterocycles. The molecule has 0 saturated carbocycles. The molecule has 208 valence electrons. The van der Waals surface area contributed by atoms with Gasteiger partial charge in [-0.2, -0.15) is 0 Å². The molecule has 0 fully saturated rings. The summed E-state index contributed by atoms with van der Waals surface area (Å²) in [6.07, 6.45) is 0.351. The number of anilines is 1. The summed E-state index contributed by atoms with van der Waals surface area (Å²) < 4.78 is 34.2. The zero-order valence-electron chi connectivity index (χ0n) is 23.1. The van der Waals surface area contributed by atoms with E-state index in [0.717, 1.165) is 9.87 Å². The lowest BCUT2D eigenvalue weighted by molar-refractivity contribution is -0.140. The number of ether oxygens (including phenoxy) is 1. The molecule has 1 atom stereocenters. The minimum atomic E-state index is -4.10. The van der Waals surface area contributed by atoms with Gasteiger partial charge < -0.3 is 15.0 Å². The van der Waals surface area contributed by atoms with Crippen molar-refractivity contribution in [2.24, 2.45) is 0 Å². The first-order chi connectivity index (χ1) is 18.6. The van der Waals surface area contributed by atoms with Gasteiger partial charge >= 0.3 is 0 Å². The van der Waals surface area contributed by atoms with Gasteiger partial charge in [-0.3, -0.25) is 13.9 Å². The lowest BCUT2D eigenvalue weighted by Crippen LogP contribution is -2.53. The summed E-state index contributed by atoms with van der Waals surface area (Å²) in [5.74, 6) is -0.170. The van der Waals surface area contributed by atoms with Crippen molar-refractivity contribution in [3.8, 4) is 5.75 Å². The zero-order valence-corrected chi connectivity index (χ0v) is 23.9. The molecule has 3 aromatic carbocycles. The Kier molecular flexibility index (Phi) is 10.1. The summed E-state index contributed by atoms with van der Waals surface area (Å²) >= 11 is 0. The fourth-order valence-corrected chi connectivity index (χ4v) is 5.84. The van der Waals surface area contributed by atoms with Crippen LogP contribution < -0.4 is 14.4 Å². The lowest BCUT2D eigenvalue weighted by Gasteiger charge is -2.34. The Labute approximate surface area is 231 Å². The van der Waals surface area contributed by atoms with Crippen LogP contribution in [0.2, 0.25) is 0 Å². The van der Waals surface area contributed by atoms with Crippen LogP contribution in [0.25, 0.3) is 0 Å². The van der Waals surface area contributed by atoms with Gasteiger partial charge in [0.2, 0.25) is 11.8 Å². The predicted octanol–water partition coefficient (Wildman–Crippen LogP) is 4.53. The highest BCUT2D eigenvalue weighted by molar-refractivity contribution is 7.92. The minimum absolute atomic E-state index is 0.0741. The first kappa shape index (κ1) is 29.7. The first-order valence-electron chi connectivity index (χ1n) is 12.9. The fraction of sp³-hybridized carbons (Fsp3) is 0.333. The maximum Gasteiger partial charge on any atom is 0.264 e. The third-order valence-corrected chi connectivity index (χ3v) is 8.07. The quantitative estimate of drug-likeness (QED) is 0.357. The SMILES string of the molecule is CCC(C(=O)NC(C)C)N(Cc1cccc(OC)c1)C(=O)CN(c1ccccc1C)S(=O)(=O)c1ccccc1. The van der Waals surface area contributed by atoms with Crippen molar-refractivity contribution in [3.05, 3.63) is 90.0 Å². The number of hydrogen-bond acceptors (Lipinski definition) is 5. The molecule has 2 amide bonds. The number of para-hydroxylation sites is 1. The van der Waals surface area contributed by atoms with Crippen molar-refractivity contribution in [1.29, 1.82) is 0 Å². The average molecular weight is 552 g/mol. The molecular formula is C30H37N3O5S. The molecule has 1 N–H and O–H groups in total. The molecule has 0 spiro atoms. The smallest absolute Gasteiger partial charge is 0.264 e. The number of hydrogen-bond donors (Lipinski definition) is 1. The molecule has 0 heterocycles. The van der Waals surface area contributed by atoms with Gasteiger partial charge in [-0.15, -0.1) is 0 Å². The number of aryl methyl sites for hydroxylation is 1. The average Bonchev–Trinajstić information content (AvgIpc) is 2.92. The van der Waals surface area contributed by atoms with Crippen LogP contribution in [-0.2, 0) is 26.2 Å². The molecule has 0 aromatic heterocycles. The number of benzene rings is 3. The number of sulfonamides is 1. The van der Waals surface area contributed by atoms with Crippen molar-refractivity contribution < 1.29 is 22.7 Å². The van der Waals surface area contributed by atoms with Crippen LogP contribution in [-0.4, -0.2) is 50.9 Å². The van der Waals surface area contributed by atoms with Gasteiger partial charge in [-0.1, -0.05) is 55.5 Å². The van der Waals surface area contributed by atoms with Crippen LogP contribution in [0, 0.1) is 6.92 Å². The van der Waals surface area contributed by atoms with Crippen molar-refractivity contribution >= 4 is 27.5 Å². The maximum absolute atomic E-state index is 14.1. The Bertz CT molecular complexity index is 1380. The molecule has 8 nitrogen and oxygen atoms in total. The van der Waals surface area contributed by atoms with E-state index in [0.29, 0.717) is 23.4 Å². The highest BCUT2D eigenvalue weighted by Crippen LogP contribution is 2.27. The van der Waals surface area contributed by atoms with Crippen LogP contribution in [0.4, 0.5) is 5.69 Å². The number of nitrogens with zero attached hydrogens (tertiary/aromatic N) is 2. The molecule has 3 rings (SSSR count). The van der Waals surface area contributed by atoms with E-state index in [9.17, 15) is 18.0 Å². The number of carbonyl (C=O) groups excluding carboxylic acids is 2. The second-order valence-corrected chi connectivity index (χ2v) is 11.4. The molecule has 3 aromatic rings. The van der Waals surface area contributed by atoms with E-state index in [2.05, 4.69) is 5.32 Å². The van der Waals surface area contributed by atoms with Gasteiger partial charge in [0.1, 0.15) is 18.3 Å². The fourth-order valence-electron chi connectivity index (χ4n) is 4.34. The predicted molar refractivity (Wildman–Crippen MR) is 153 cm³/mol. The van der Waals surface area contributed by atoms with E-state index in [-0.39, 0.29) is 23.4 Å². The molecule has 0 radical (unpaired) electrons. The molecule has 0 saturated heterocycles. The topological polar surface area (TPSA) is 96.0 Å². The summed E-state index contributed by atoms with van der Waals surface area (Å²) in [7, 11) is -2.54. The van der Waals surface area contributed by atoms with Gasteiger partial charge in [0.25, 0.3) is 10.0 Å². The molecule has 0 aliphatic rings. The van der Waals surface area contributed by atoms with Crippen molar-refractivity contribution in [3.63, 3.8) is 0 Å². The number of methoxy groups -OCH3 is 1. The minimum Gasteiger partial charge on any atom is -0.497 e. The summed E-state index contributed by atoms with van der Waals surface area (Å²) in [4.78, 5) is 28.8. The standard InChI is InChI=1S/C30H37N3O5S/c1-6-27(30(35)31-22(2)3)32(20-24-14-12-15-25(19-24)38-5)29(34)21-33(28-18-11-10-13-23(28)4)39(36,37)26-16-8-7-9-17-26/h7-19,22,27H,6,20-21H2,1-5H3,(H,31,35). The Hall–Kier alpha value is -3.85. The number of rotatable bonds is 12. The third kappa shape index (κ3) is 7.38. The monoisotopic (exact) mass is 551 g/mol. The summed E-state index contributed by atoms with van der Waals surface area (Å²) in [6.45, 7) is 6.96. The van der Waals surface area contributed by atoms with Crippen LogP contribution in [0.3, 0.4) is 0 Å². The van der Waals surface area contributed by atoms with E-state index >= 15 is 0 Å². The highest BCUT2D eigenvalue weighted by atomic mass is 32.2. The van der Waals surface area contributed by atoms with E-state index in [1.165, 1.54) is 17.0 Å². The summed E-state index contributed by atoms with van der Waals surface area (Å²) in [6, 6.07) is 21.4. The van der Waals surface area contributed by atoms with Crippen LogP contribution in [0.5, 0.6) is 5.75 Å². The second-order valence-electron chi connectivity index (χ2n) is 9.57. The van der Waals surface area contributed by atoms with Gasteiger partial charge in [0.15, 0.2) is 0 Å². The van der Waals surface area contributed by atoms with Crippen molar-refractivity contribution in [2.45, 2.75) is 57.6 Å². The van der Waals surface area contributed by atoms with Crippen molar-refractivity contribution in [2.75, 3.05) is 18.0 Å². The number of amides is 2. The summed E-state index contributed by atoms with van der Waals surface area (Å²) in [5.41, 5.74) is 1.86. The second kappa shape index (κ2) is 13.3. The Morgan fingerprint density at radius 1 is 0.949 bits per heavy atom. The molecule has 9 heteroatoms. The Morgan fingerprint density at radius 2 is 1.62 bits per heavy atom. The van der Waals surface area contributed by atoms with Gasteiger partial charge in [0.05, 0.1) is 17.7 Å². The highest BCUT2D eigenvalue weighted by Gasteiger charge is 2.34. The van der Waals surface area contributed by atoms with Gasteiger partial charge in [-0.25, -0.2) is 8.42 Å². The Morgan fingerprint density at radius 3 is 2.23 bits per heavy atom. The molecular weight excluding hydrogens is 514 g/mol. The third-order valence-electron chi connectivity index (χ3n) is 6.30. The molecule has 39 heavy (non-hydrogen) atoms. The lowest BCUT2D eigenvalue weighted by atomic mass is 10.1. The van der Waals surface area contributed by atoms with Gasteiger partial charge in [-0.05, 0) is 68.7 Å². The molecule has 0 aliphatic carbocycles. The van der Waals surface area contributed by atoms with E-state index in [4.69, 9.17) is 4.74 Å². The summed E-state index contributed by atoms with van der Waals surface area (Å²) in [5, 5.41) is 2.90. The van der Waals surface area contributed by atoms with Crippen LogP contribution >= 0.6 is 0 Å². The Balaban J connectivity index is 2.07. The normalized spacial score (nSPS) is 12.1. The van der Waals surface area contributed by atoms with Crippen LogP contribution in [0.15, 0.2) is 83.8 Å². The zero-order chi connectivity index (χ0) is 28.6. The van der Waals surface area contributed by atoms with E-state index in [1.807, 2.05) is 39.0 Å². The van der Waals surface area contributed by atoms with Crippen molar-refractivity contribution in [1.82, 2.24) is 10.2 Å². The number of nitrogens with one attached hydrogen (secondary N) is 1. The first-order valence-corrected chi connectivity index (χ1v) is 14.4. The largest absolute Gasteiger partial charge is 0.497 e. The molecule has 0 bridgehead atoms. The van der Waals surface area contributed by atoms with E-state index in [1.54, 1.807) is 62.6 Å². The maximum atomic E-state index is 14.1.